The Bertz CT molecular complexity index is 981. The van der Waals surface area contributed by atoms with Crippen LogP contribution in [0.5, 0.6) is 0 Å². The number of carbonyl (C=O) groups excluding carboxylic acids is 1. The van der Waals surface area contributed by atoms with E-state index in [0.717, 1.165) is 30.1 Å². The van der Waals surface area contributed by atoms with E-state index in [1.54, 1.807) is 6.20 Å². The molecule has 0 unspecified atom stereocenters. The fourth-order valence-corrected chi connectivity index (χ4v) is 3.22. The van der Waals surface area contributed by atoms with Gasteiger partial charge in [-0.1, -0.05) is 0 Å². The molecule has 3 aromatic rings. The number of hydrogen-bond donors (Lipinski definition) is 1. The lowest BCUT2D eigenvalue weighted by atomic mass is 10.1. The third kappa shape index (κ3) is 2.86. The monoisotopic (exact) mass is 339 g/mol. The summed E-state index contributed by atoms with van der Waals surface area (Å²) in [6.45, 7) is 4.31. The van der Waals surface area contributed by atoms with Gasteiger partial charge in [0, 0.05) is 37.5 Å². The summed E-state index contributed by atoms with van der Waals surface area (Å²) in [5, 5.41) is 3.00. The highest BCUT2D eigenvalue weighted by molar-refractivity contribution is 6.04. The standard InChI is InChI=1S/C18H18FN5O/c1-10-11(2)22-17-14(7-12(19)8-15(17)21-10)18(25)23-13-3-4-16-20-5-6-24(16)9-13/h5-8,13H,3-4,9H2,1-2H3,(H,23,25)/t13-/m0/s1. The predicted octanol–water partition coefficient (Wildman–Crippen LogP) is 2.33. The molecule has 3 heterocycles. The Kier molecular flexibility index (Phi) is 3.71. The maximum absolute atomic E-state index is 14.0. The normalized spacial score (nSPS) is 16.7. The smallest absolute Gasteiger partial charge is 0.253 e. The second kappa shape index (κ2) is 5.91. The summed E-state index contributed by atoms with van der Waals surface area (Å²) in [7, 11) is 0. The van der Waals surface area contributed by atoms with Crippen LogP contribution in [0.4, 0.5) is 4.39 Å². The molecule has 7 heteroatoms. The summed E-state index contributed by atoms with van der Waals surface area (Å²) in [6, 6.07) is 2.52. The summed E-state index contributed by atoms with van der Waals surface area (Å²) in [5.41, 5.74) is 2.51. The van der Waals surface area contributed by atoms with E-state index in [0.29, 0.717) is 17.6 Å². The van der Waals surface area contributed by atoms with Gasteiger partial charge in [0.05, 0.1) is 22.5 Å². The molecule has 1 aliphatic heterocycles. The number of fused-ring (bicyclic) bond motifs is 2. The van der Waals surface area contributed by atoms with E-state index in [-0.39, 0.29) is 17.5 Å². The summed E-state index contributed by atoms with van der Waals surface area (Å²) in [4.78, 5) is 25.8. The zero-order valence-corrected chi connectivity index (χ0v) is 14.1. The first-order chi connectivity index (χ1) is 12.0. The summed E-state index contributed by atoms with van der Waals surface area (Å²) in [5.74, 6) is 0.213. The van der Waals surface area contributed by atoms with Crippen LogP contribution in [-0.4, -0.2) is 31.5 Å². The maximum atomic E-state index is 14.0. The summed E-state index contributed by atoms with van der Waals surface area (Å²) >= 11 is 0. The van der Waals surface area contributed by atoms with Crippen LogP contribution < -0.4 is 5.32 Å². The Balaban J connectivity index is 1.65. The van der Waals surface area contributed by atoms with Crippen LogP contribution in [0.1, 0.15) is 34.0 Å². The molecule has 4 rings (SSSR count). The van der Waals surface area contributed by atoms with Crippen molar-refractivity contribution in [2.24, 2.45) is 0 Å². The zero-order valence-electron chi connectivity index (χ0n) is 14.1. The first kappa shape index (κ1) is 15.7. The van der Waals surface area contributed by atoms with Crippen LogP contribution in [0, 0.1) is 19.7 Å². The number of carbonyl (C=O) groups is 1. The number of halogens is 1. The molecule has 1 aliphatic rings. The number of nitrogens with one attached hydrogen (secondary N) is 1. The largest absolute Gasteiger partial charge is 0.347 e. The second-order valence-electron chi connectivity index (χ2n) is 6.42. The van der Waals surface area contributed by atoms with Crippen molar-refractivity contribution in [1.82, 2.24) is 24.8 Å². The minimum atomic E-state index is -0.490. The predicted molar refractivity (Wildman–Crippen MR) is 90.8 cm³/mol. The molecule has 0 radical (unpaired) electrons. The van der Waals surface area contributed by atoms with Crippen molar-refractivity contribution < 1.29 is 9.18 Å². The van der Waals surface area contributed by atoms with Gasteiger partial charge in [0.2, 0.25) is 0 Å². The topological polar surface area (TPSA) is 72.7 Å². The lowest BCUT2D eigenvalue weighted by molar-refractivity contribution is 0.0928. The van der Waals surface area contributed by atoms with Crippen molar-refractivity contribution in [2.45, 2.75) is 39.3 Å². The second-order valence-corrected chi connectivity index (χ2v) is 6.42. The van der Waals surface area contributed by atoms with Crippen LogP contribution >= 0.6 is 0 Å². The fourth-order valence-electron chi connectivity index (χ4n) is 3.22. The highest BCUT2D eigenvalue weighted by atomic mass is 19.1. The lowest BCUT2D eigenvalue weighted by Gasteiger charge is -2.25. The van der Waals surface area contributed by atoms with E-state index >= 15 is 0 Å². The molecule has 25 heavy (non-hydrogen) atoms. The Morgan fingerprint density at radius 1 is 1.28 bits per heavy atom. The van der Waals surface area contributed by atoms with E-state index in [2.05, 4.69) is 20.3 Å². The minimum Gasteiger partial charge on any atom is -0.347 e. The Morgan fingerprint density at radius 2 is 2.08 bits per heavy atom. The molecule has 1 aromatic carbocycles. The Labute approximate surface area is 144 Å². The Morgan fingerprint density at radius 3 is 2.92 bits per heavy atom. The molecule has 1 atom stereocenters. The van der Waals surface area contributed by atoms with E-state index < -0.39 is 5.82 Å². The molecule has 0 spiro atoms. The highest BCUT2D eigenvalue weighted by Crippen LogP contribution is 2.20. The fraction of sp³-hybridized carbons (Fsp3) is 0.333. The first-order valence-corrected chi connectivity index (χ1v) is 8.26. The van der Waals surface area contributed by atoms with Gasteiger partial charge >= 0.3 is 0 Å². The molecule has 0 bridgehead atoms. The van der Waals surface area contributed by atoms with Crippen LogP contribution in [0.25, 0.3) is 11.0 Å². The molecule has 0 aliphatic carbocycles. The zero-order chi connectivity index (χ0) is 17.6. The van der Waals surface area contributed by atoms with Crippen LogP contribution in [0.15, 0.2) is 24.5 Å². The highest BCUT2D eigenvalue weighted by Gasteiger charge is 2.23. The van der Waals surface area contributed by atoms with Crippen molar-refractivity contribution in [1.29, 1.82) is 0 Å². The lowest BCUT2D eigenvalue weighted by Crippen LogP contribution is -2.41. The van der Waals surface area contributed by atoms with Gasteiger partial charge in [-0.25, -0.2) is 19.3 Å². The summed E-state index contributed by atoms with van der Waals surface area (Å²) < 4.78 is 16.0. The minimum absolute atomic E-state index is 0.0213. The molecule has 2 aromatic heterocycles. The van der Waals surface area contributed by atoms with Crippen molar-refractivity contribution >= 4 is 16.9 Å². The quantitative estimate of drug-likeness (QED) is 0.778. The molecule has 1 N–H and O–H groups in total. The number of hydrogen-bond acceptors (Lipinski definition) is 4. The molecular formula is C18H18FN5O. The van der Waals surface area contributed by atoms with Gasteiger partial charge in [0.25, 0.3) is 5.91 Å². The molecule has 1 amide bonds. The van der Waals surface area contributed by atoms with Crippen LogP contribution in [-0.2, 0) is 13.0 Å². The molecule has 0 fully saturated rings. The number of aryl methyl sites for hydroxylation is 3. The Hall–Kier alpha value is -2.83. The van der Waals surface area contributed by atoms with Gasteiger partial charge in [0.15, 0.2) is 0 Å². The average molecular weight is 339 g/mol. The third-order valence-electron chi connectivity index (χ3n) is 4.66. The van der Waals surface area contributed by atoms with Crippen molar-refractivity contribution in [3.05, 3.63) is 53.1 Å². The van der Waals surface area contributed by atoms with Gasteiger partial charge in [-0.2, -0.15) is 0 Å². The van der Waals surface area contributed by atoms with Crippen LogP contribution in [0.3, 0.4) is 0 Å². The average Bonchev–Trinajstić information content (AvgIpc) is 3.03. The molecule has 0 saturated heterocycles. The first-order valence-electron chi connectivity index (χ1n) is 8.26. The van der Waals surface area contributed by atoms with E-state index in [4.69, 9.17) is 0 Å². The summed E-state index contributed by atoms with van der Waals surface area (Å²) in [6.07, 6.45) is 5.28. The van der Waals surface area contributed by atoms with Gasteiger partial charge in [0.1, 0.15) is 17.2 Å². The number of rotatable bonds is 2. The molecule has 0 saturated carbocycles. The van der Waals surface area contributed by atoms with Gasteiger partial charge in [-0.15, -0.1) is 0 Å². The number of nitrogens with zero attached hydrogens (tertiary/aromatic N) is 4. The van der Waals surface area contributed by atoms with Crippen LogP contribution in [0.2, 0.25) is 0 Å². The van der Waals surface area contributed by atoms with Crippen molar-refractivity contribution in [3.63, 3.8) is 0 Å². The third-order valence-corrected chi connectivity index (χ3v) is 4.66. The van der Waals surface area contributed by atoms with Gasteiger partial charge in [-0.05, 0) is 26.3 Å². The van der Waals surface area contributed by atoms with Crippen molar-refractivity contribution in [2.75, 3.05) is 0 Å². The van der Waals surface area contributed by atoms with Gasteiger partial charge < -0.3 is 9.88 Å². The number of amides is 1. The molecule has 6 nitrogen and oxygen atoms in total. The van der Waals surface area contributed by atoms with E-state index in [1.807, 2.05) is 24.6 Å². The SMILES string of the molecule is Cc1nc2cc(F)cc(C(=O)N[C@H]3CCc4nccn4C3)c2nc1C. The molecule has 128 valence electrons. The number of benzene rings is 1. The maximum Gasteiger partial charge on any atom is 0.253 e. The van der Waals surface area contributed by atoms with Crippen molar-refractivity contribution in [3.8, 4) is 0 Å². The van der Waals surface area contributed by atoms with E-state index in [9.17, 15) is 9.18 Å². The number of aromatic nitrogens is 4. The number of imidazole rings is 1. The van der Waals surface area contributed by atoms with E-state index in [1.165, 1.54) is 12.1 Å². The molecular weight excluding hydrogens is 321 g/mol. The van der Waals surface area contributed by atoms with Gasteiger partial charge in [-0.3, -0.25) is 4.79 Å².